The van der Waals surface area contributed by atoms with Gasteiger partial charge in [-0.1, -0.05) is 85.1 Å². The van der Waals surface area contributed by atoms with E-state index in [0.717, 1.165) is 42.5 Å². The summed E-state index contributed by atoms with van der Waals surface area (Å²) in [6.45, 7) is 0. The third-order valence-electron chi connectivity index (χ3n) is 5.63. The predicted octanol–water partition coefficient (Wildman–Crippen LogP) is 3.72. The molecule has 1 fully saturated rings. The standard InChI is InChI=1S/C22H26N4O/c23-22(14-8-3-9-15-22)19-16-26(25-24-19)20(17-10-4-1-5-11-17)21(27)18-12-6-2-7-13-18/h1-2,4-7,10-13,16,20-21,27H,3,8-9,14-15,23H2/t20-,21-/m1/s1. The van der Waals surface area contributed by atoms with Crippen LogP contribution in [0, 0.1) is 0 Å². The predicted molar refractivity (Wildman–Crippen MR) is 105 cm³/mol. The van der Waals surface area contributed by atoms with Crippen LogP contribution in [0.4, 0.5) is 0 Å². The smallest absolute Gasteiger partial charge is 0.109 e. The van der Waals surface area contributed by atoms with Crippen LogP contribution in [0.5, 0.6) is 0 Å². The molecule has 2 aromatic carbocycles. The molecule has 140 valence electrons. The van der Waals surface area contributed by atoms with Gasteiger partial charge in [-0.05, 0) is 24.0 Å². The van der Waals surface area contributed by atoms with E-state index in [1.54, 1.807) is 4.68 Å². The second kappa shape index (κ2) is 7.62. The maximum atomic E-state index is 11.2. The second-order valence-electron chi connectivity index (χ2n) is 7.51. The fourth-order valence-corrected chi connectivity index (χ4v) is 4.04. The van der Waals surface area contributed by atoms with Gasteiger partial charge in [0.25, 0.3) is 0 Å². The molecule has 4 rings (SSSR count). The van der Waals surface area contributed by atoms with Gasteiger partial charge < -0.3 is 10.8 Å². The van der Waals surface area contributed by atoms with Crippen LogP contribution >= 0.6 is 0 Å². The Bertz CT molecular complexity index is 856. The molecule has 1 aliphatic carbocycles. The summed E-state index contributed by atoms with van der Waals surface area (Å²) in [5.74, 6) is 0. The topological polar surface area (TPSA) is 77.0 Å². The Labute approximate surface area is 159 Å². The molecule has 0 saturated heterocycles. The zero-order valence-corrected chi connectivity index (χ0v) is 15.4. The first-order chi connectivity index (χ1) is 13.2. The van der Waals surface area contributed by atoms with Gasteiger partial charge in [0, 0.05) is 0 Å². The highest BCUT2D eigenvalue weighted by molar-refractivity contribution is 5.27. The van der Waals surface area contributed by atoms with Crippen molar-refractivity contribution in [3.05, 3.63) is 83.7 Å². The lowest BCUT2D eigenvalue weighted by Gasteiger charge is -2.31. The van der Waals surface area contributed by atoms with Crippen LogP contribution in [0.3, 0.4) is 0 Å². The van der Waals surface area contributed by atoms with E-state index in [-0.39, 0.29) is 6.04 Å². The van der Waals surface area contributed by atoms with Crippen molar-refractivity contribution in [1.29, 1.82) is 0 Å². The lowest BCUT2D eigenvalue weighted by molar-refractivity contribution is 0.124. The molecule has 1 aromatic heterocycles. The van der Waals surface area contributed by atoms with Crippen molar-refractivity contribution in [2.75, 3.05) is 0 Å². The number of aromatic nitrogens is 3. The first kappa shape index (κ1) is 17.9. The Morgan fingerprint density at radius 1 is 0.889 bits per heavy atom. The van der Waals surface area contributed by atoms with Gasteiger partial charge in [0.1, 0.15) is 17.8 Å². The van der Waals surface area contributed by atoms with E-state index in [0.29, 0.717) is 0 Å². The molecule has 0 bridgehead atoms. The van der Waals surface area contributed by atoms with E-state index < -0.39 is 11.6 Å². The van der Waals surface area contributed by atoms with E-state index >= 15 is 0 Å². The van der Waals surface area contributed by atoms with Gasteiger partial charge in [0.2, 0.25) is 0 Å². The van der Waals surface area contributed by atoms with E-state index in [1.807, 2.05) is 66.9 Å². The molecule has 5 heteroatoms. The van der Waals surface area contributed by atoms with Gasteiger partial charge in [-0.3, -0.25) is 0 Å². The van der Waals surface area contributed by atoms with Crippen molar-refractivity contribution in [2.45, 2.75) is 49.8 Å². The molecule has 1 aliphatic rings. The molecule has 27 heavy (non-hydrogen) atoms. The maximum Gasteiger partial charge on any atom is 0.109 e. The summed E-state index contributed by atoms with van der Waals surface area (Å²) >= 11 is 0. The molecule has 5 nitrogen and oxygen atoms in total. The number of nitrogens with two attached hydrogens (primary N) is 1. The van der Waals surface area contributed by atoms with E-state index in [4.69, 9.17) is 5.73 Å². The van der Waals surface area contributed by atoms with Gasteiger partial charge in [-0.25, -0.2) is 4.68 Å². The Hall–Kier alpha value is -2.50. The van der Waals surface area contributed by atoms with Gasteiger partial charge in [0.05, 0.1) is 11.7 Å². The molecule has 1 heterocycles. The number of aliphatic hydroxyl groups excluding tert-OH is 1. The van der Waals surface area contributed by atoms with Crippen LogP contribution in [-0.4, -0.2) is 20.1 Å². The number of nitrogens with zero attached hydrogens (tertiary/aromatic N) is 3. The minimum atomic E-state index is -0.733. The molecular weight excluding hydrogens is 336 g/mol. The molecule has 0 spiro atoms. The van der Waals surface area contributed by atoms with Gasteiger partial charge in [-0.2, -0.15) is 0 Å². The number of hydrogen-bond acceptors (Lipinski definition) is 4. The van der Waals surface area contributed by atoms with Crippen LogP contribution in [0.15, 0.2) is 66.9 Å². The van der Waals surface area contributed by atoms with Crippen molar-refractivity contribution < 1.29 is 5.11 Å². The van der Waals surface area contributed by atoms with Crippen LogP contribution in [-0.2, 0) is 5.54 Å². The minimum Gasteiger partial charge on any atom is -0.386 e. The number of rotatable bonds is 5. The summed E-state index contributed by atoms with van der Waals surface area (Å²) in [4.78, 5) is 0. The van der Waals surface area contributed by atoms with Gasteiger partial charge in [0.15, 0.2) is 0 Å². The molecule has 3 aromatic rings. The fraction of sp³-hybridized carbons (Fsp3) is 0.364. The van der Waals surface area contributed by atoms with Crippen molar-refractivity contribution in [1.82, 2.24) is 15.0 Å². The lowest BCUT2D eigenvalue weighted by Crippen LogP contribution is -2.39. The first-order valence-corrected chi connectivity index (χ1v) is 9.66. The quantitative estimate of drug-likeness (QED) is 0.725. The first-order valence-electron chi connectivity index (χ1n) is 9.66. The SMILES string of the molecule is NC1(c2cn([C@H](c3ccccc3)[C@H](O)c3ccccc3)nn2)CCCCC1. The van der Waals surface area contributed by atoms with Crippen molar-refractivity contribution in [3.63, 3.8) is 0 Å². The minimum absolute atomic E-state index is 0.359. The summed E-state index contributed by atoms with van der Waals surface area (Å²) < 4.78 is 1.77. The number of aliphatic hydroxyl groups is 1. The second-order valence-corrected chi connectivity index (χ2v) is 7.51. The fourth-order valence-electron chi connectivity index (χ4n) is 4.04. The molecule has 1 saturated carbocycles. The maximum absolute atomic E-state index is 11.2. The summed E-state index contributed by atoms with van der Waals surface area (Å²) in [7, 11) is 0. The van der Waals surface area contributed by atoms with E-state index in [1.165, 1.54) is 6.42 Å². The van der Waals surface area contributed by atoms with Crippen LogP contribution in [0.25, 0.3) is 0 Å². The van der Waals surface area contributed by atoms with Crippen molar-refractivity contribution in [3.8, 4) is 0 Å². The monoisotopic (exact) mass is 362 g/mol. The number of hydrogen-bond donors (Lipinski definition) is 2. The normalized spacial score (nSPS) is 18.7. The molecule has 0 aliphatic heterocycles. The van der Waals surface area contributed by atoms with Crippen LogP contribution in [0.1, 0.15) is 61.1 Å². The van der Waals surface area contributed by atoms with Crippen molar-refractivity contribution >= 4 is 0 Å². The highest BCUT2D eigenvalue weighted by Crippen LogP contribution is 2.36. The van der Waals surface area contributed by atoms with E-state index in [2.05, 4.69) is 10.3 Å². The average molecular weight is 362 g/mol. The zero-order valence-electron chi connectivity index (χ0n) is 15.4. The summed E-state index contributed by atoms with van der Waals surface area (Å²) in [6.07, 6.45) is 6.53. The van der Waals surface area contributed by atoms with Gasteiger partial charge in [-0.15, -0.1) is 5.10 Å². The Balaban J connectivity index is 1.71. The third-order valence-corrected chi connectivity index (χ3v) is 5.63. The summed E-state index contributed by atoms with van der Waals surface area (Å²) in [6, 6.07) is 19.3. The Morgan fingerprint density at radius 3 is 2.11 bits per heavy atom. The molecule has 0 unspecified atom stereocenters. The Morgan fingerprint density at radius 2 is 1.48 bits per heavy atom. The van der Waals surface area contributed by atoms with E-state index in [9.17, 15) is 5.11 Å². The molecule has 2 atom stereocenters. The highest BCUT2D eigenvalue weighted by atomic mass is 16.3. The molecular formula is C22H26N4O. The number of benzene rings is 2. The third kappa shape index (κ3) is 3.66. The largest absolute Gasteiger partial charge is 0.386 e. The van der Waals surface area contributed by atoms with Crippen LogP contribution in [0.2, 0.25) is 0 Å². The van der Waals surface area contributed by atoms with Crippen molar-refractivity contribution in [2.24, 2.45) is 5.73 Å². The van der Waals surface area contributed by atoms with Gasteiger partial charge >= 0.3 is 0 Å². The summed E-state index contributed by atoms with van der Waals surface area (Å²) in [5.41, 5.74) is 8.89. The average Bonchev–Trinajstić information content (AvgIpc) is 3.21. The van der Waals surface area contributed by atoms with Crippen LogP contribution < -0.4 is 5.73 Å². The molecule has 0 radical (unpaired) electrons. The summed E-state index contributed by atoms with van der Waals surface area (Å²) in [5, 5.41) is 19.9. The highest BCUT2D eigenvalue weighted by Gasteiger charge is 2.34. The molecule has 3 N–H and O–H groups in total. The lowest BCUT2D eigenvalue weighted by atomic mass is 9.80. The molecule has 0 amide bonds. The Kier molecular flexibility index (Phi) is 5.05. The zero-order chi connectivity index (χ0) is 18.7.